The van der Waals surface area contributed by atoms with Crippen LogP contribution in [0, 0.1) is 0 Å². The highest BCUT2D eigenvalue weighted by Crippen LogP contribution is 2.28. The van der Waals surface area contributed by atoms with Gasteiger partial charge in [0.05, 0.1) is 0 Å². The minimum absolute atomic E-state index is 0.202. The Morgan fingerprint density at radius 2 is 2.00 bits per heavy atom. The van der Waals surface area contributed by atoms with Gasteiger partial charge in [-0.3, -0.25) is 0 Å². The van der Waals surface area contributed by atoms with Gasteiger partial charge in [-0.25, -0.2) is 4.98 Å². The number of benzene rings is 1. The molecular formula is C13H12F2N2OS. The number of anilines is 1. The number of halogens is 2. The first-order chi connectivity index (χ1) is 9.15. The summed E-state index contributed by atoms with van der Waals surface area (Å²) in [6, 6.07) is 10.3. The molecule has 0 unspecified atom stereocenters. The normalized spacial score (nSPS) is 10.7. The lowest BCUT2D eigenvalue weighted by atomic mass is 10.2. The fourth-order valence-corrected chi connectivity index (χ4v) is 2.32. The molecule has 0 amide bonds. The SMILES string of the molecule is Nc1ccc(SCc2ccccc2OC(F)F)cn1. The molecule has 0 aliphatic rings. The molecule has 0 radical (unpaired) electrons. The van der Waals surface area contributed by atoms with E-state index in [1.165, 1.54) is 17.8 Å². The third-order valence-electron chi connectivity index (χ3n) is 2.34. The Morgan fingerprint density at radius 1 is 1.21 bits per heavy atom. The molecule has 0 bridgehead atoms. The molecule has 0 saturated heterocycles. The summed E-state index contributed by atoms with van der Waals surface area (Å²) in [5.41, 5.74) is 6.20. The summed E-state index contributed by atoms with van der Waals surface area (Å²) in [6.45, 7) is -2.82. The average molecular weight is 282 g/mol. The molecule has 2 aromatic rings. The molecule has 1 aromatic carbocycles. The van der Waals surface area contributed by atoms with E-state index in [4.69, 9.17) is 5.73 Å². The molecule has 2 rings (SSSR count). The molecule has 19 heavy (non-hydrogen) atoms. The van der Waals surface area contributed by atoms with Crippen molar-refractivity contribution in [3.8, 4) is 5.75 Å². The van der Waals surface area contributed by atoms with Gasteiger partial charge in [-0.1, -0.05) is 18.2 Å². The first-order valence-electron chi connectivity index (χ1n) is 5.52. The number of nitrogen functional groups attached to an aromatic ring is 1. The topological polar surface area (TPSA) is 48.1 Å². The summed E-state index contributed by atoms with van der Waals surface area (Å²) >= 11 is 1.48. The maximum atomic E-state index is 12.3. The summed E-state index contributed by atoms with van der Waals surface area (Å²) in [4.78, 5) is 4.89. The van der Waals surface area contributed by atoms with Crippen LogP contribution in [0.15, 0.2) is 47.5 Å². The second-order valence-corrected chi connectivity index (χ2v) is 4.74. The standard InChI is InChI=1S/C13H12F2N2OS/c14-13(15)18-11-4-2-1-3-9(11)8-19-10-5-6-12(16)17-7-10/h1-7,13H,8H2,(H2,16,17). The highest BCUT2D eigenvalue weighted by atomic mass is 32.2. The number of hydrogen-bond donors (Lipinski definition) is 1. The van der Waals surface area contributed by atoms with E-state index in [0.29, 0.717) is 17.1 Å². The van der Waals surface area contributed by atoms with Crippen LogP contribution in [-0.4, -0.2) is 11.6 Å². The monoisotopic (exact) mass is 282 g/mol. The molecule has 100 valence electrons. The quantitative estimate of drug-likeness (QED) is 0.852. The van der Waals surface area contributed by atoms with Crippen molar-refractivity contribution >= 4 is 17.6 Å². The number of thioether (sulfide) groups is 1. The van der Waals surface area contributed by atoms with Gasteiger partial charge >= 0.3 is 6.61 Å². The molecule has 0 saturated carbocycles. The van der Waals surface area contributed by atoms with E-state index in [1.807, 2.05) is 6.07 Å². The van der Waals surface area contributed by atoms with Crippen molar-refractivity contribution in [3.63, 3.8) is 0 Å². The number of alkyl halides is 2. The van der Waals surface area contributed by atoms with Gasteiger partial charge in [0.15, 0.2) is 0 Å². The fourth-order valence-electron chi connectivity index (χ4n) is 1.47. The Morgan fingerprint density at radius 3 is 2.68 bits per heavy atom. The van der Waals surface area contributed by atoms with Gasteiger partial charge in [-0.15, -0.1) is 11.8 Å². The van der Waals surface area contributed by atoms with Crippen LogP contribution in [0.25, 0.3) is 0 Å². The van der Waals surface area contributed by atoms with E-state index < -0.39 is 6.61 Å². The smallest absolute Gasteiger partial charge is 0.387 e. The van der Waals surface area contributed by atoms with Crippen molar-refractivity contribution in [2.45, 2.75) is 17.3 Å². The van der Waals surface area contributed by atoms with Crippen LogP contribution in [0.3, 0.4) is 0 Å². The Kier molecular flexibility index (Phi) is 4.57. The van der Waals surface area contributed by atoms with E-state index in [9.17, 15) is 8.78 Å². The van der Waals surface area contributed by atoms with Crippen LogP contribution < -0.4 is 10.5 Å². The highest BCUT2D eigenvalue weighted by Gasteiger charge is 2.09. The van der Waals surface area contributed by atoms with Crippen molar-refractivity contribution in [3.05, 3.63) is 48.2 Å². The van der Waals surface area contributed by atoms with Crippen LogP contribution in [-0.2, 0) is 5.75 Å². The van der Waals surface area contributed by atoms with Gasteiger partial charge in [0.1, 0.15) is 11.6 Å². The summed E-state index contributed by atoms with van der Waals surface area (Å²) < 4.78 is 29.0. The molecule has 0 atom stereocenters. The maximum absolute atomic E-state index is 12.3. The van der Waals surface area contributed by atoms with E-state index in [0.717, 1.165) is 4.90 Å². The minimum atomic E-state index is -2.82. The number of ether oxygens (including phenoxy) is 1. The summed E-state index contributed by atoms with van der Waals surface area (Å²) in [5.74, 6) is 1.17. The first-order valence-corrected chi connectivity index (χ1v) is 6.51. The molecule has 3 nitrogen and oxygen atoms in total. The maximum Gasteiger partial charge on any atom is 0.387 e. The lowest BCUT2D eigenvalue weighted by Gasteiger charge is -2.10. The van der Waals surface area contributed by atoms with Crippen molar-refractivity contribution in [2.75, 3.05) is 5.73 Å². The van der Waals surface area contributed by atoms with Crippen LogP contribution in [0.5, 0.6) is 5.75 Å². The lowest BCUT2D eigenvalue weighted by Crippen LogP contribution is -2.03. The predicted molar refractivity (Wildman–Crippen MR) is 71.3 cm³/mol. The zero-order valence-corrected chi connectivity index (χ0v) is 10.7. The van der Waals surface area contributed by atoms with E-state index in [-0.39, 0.29) is 5.75 Å². The summed E-state index contributed by atoms with van der Waals surface area (Å²) in [5, 5.41) is 0. The van der Waals surface area contributed by atoms with Gasteiger partial charge in [-0.2, -0.15) is 8.78 Å². The van der Waals surface area contributed by atoms with Crippen LogP contribution >= 0.6 is 11.8 Å². The molecule has 6 heteroatoms. The molecule has 0 aliphatic heterocycles. The number of nitrogens with two attached hydrogens (primary N) is 1. The number of pyridine rings is 1. The third-order valence-corrected chi connectivity index (χ3v) is 3.37. The van der Waals surface area contributed by atoms with Gasteiger partial charge < -0.3 is 10.5 Å². The fraction of sp³-hybridized carbons (Fsp3) is 0.154. The van der Waals surface area contributed by atoms with Crippen LogP contribution in [0.4, 0.5) is 14.6 Å². The van der Waals surface area contributed by atoms with Gasteiger partial charge in [0, 0.05) is 22.4 Å². The number of hydrogen-bond acceptors (Lipinski definition) is 4. The summed E-state index contributed by atoms with van der Waals surface area (Å²) in [7, 11) is 0. The van der Waals surface area contributed by atoms with Gasteiger partial charge in [-0.05, 0) is 18.2 Å². The highest BCUT2D eigenvalue weighted by molar-refractivity contribution is 7.98. The zero-order valence-electron chi connectivity index (χ0n) is 9.92. The van der Waals surface area contributed by atoms with Crippen LogP contribution in [0.1, 0.15) is 5.56 Å². The average Bonchev–Trinajstić information content (AvgIpc) is 2.39. The molecule has 0 aliphatic carbocycles. The molecule has 1 aromatic heterocycles. The van der Waals surface area contributed by atoms with Crippen molar-refractivity contribution in [1.82, 2.24) is 4.98 Å². The molecule has 0 fully saturated rings. The Balaban J connectivity index is 2.04. The third kappa shape index (κ3) is 4.10. The second kappa shape index (κ2) is 6.38. The van der Waals surface area contributed by atoms with Gasteiger partial charge in [0.25, 0.3) is 0 Å². The summed E-state index contributed by atoms with van der Waals surface area (Å²) in [6.07, 6.45) is 1.65. The van der Waals surface area contributed by atoms with Gasteiger partial charge in [0.2, 0.25) is 0 Å². The molecule has 0 spiro atoms. The van der Waals surface area contributed by atoms with Crippen molar-refractivity contribution in [1.29, 1.82) is 0 Å². The van der Waals surface area contributed by atoms with Crippen molar-refractivity contribution in [2.24, 2.45) is 0 Å². The van der Waals surface area contributed by atoms with E-state index in [2.05, 4.69) is 9.72 Å². The van der Waals surface area contributed by atoms with Crippen molar-refractivity contribution < 1.29 is 13.5 Å². The number of para-hydroxylation sites is 1. The zero-order chi connectivity index (χ0) is 13.7. The predicted octanol–water partition coefficient (Wildman–Crippen LogP) is 3.56. The van der Waals surface area contributed by atoms with E-state index >= 15 is 0 Å². The number of nitrogens with zero attached hydrogens (tertiary/aromatic N) is 1. The Bertz CT molecular complexity index is 534. The Hall–Kier alpha value is -1.82. The molecular weight excluding hydrogens is 270 g/mol. The molecule has 1 heterocycles. The minimum Gasteiger partial charge on any atom is -0.435 e. The van der Waals surface area contributed by atoms with E-state index in [1.54, 1.807) is 30.5 Å². The second-order valence-electron chi connectivity index (χ2n) is 3.69. The molecule has 2 N–H and O–H groups in total. The first kappa shape index (κ1) is 13.6. The largest absolute Gasteiger partial charge is 0.435 e. The lowest BCUT2D eigenvalue weighted by molar-refractivity contribution is -0.0503. The Labute approximate surface area is 113 Å². The van der Waals surface area contributed by atoms with Crippen LogP contribution in [0.2, 0.25) is 0 Å². The number of aromatic nitrogens is 1. The number of rotatable bonds is 5.